The molecule has 4 rings (SSSR count). The van der Waals surface area contributed by atoms with E-state index < -0.39 is 5.91 Å². The first-order valence-corrected chi connectivity index (χ1v) is 10.2. The molecule has 8 nitrogen and oxygen atoms in total. The Hall–Kier alpha value is -3.29. The third-order valence-electron chi connectivity index (χ3n) is 5.74. The van der Waals surface area contributed by atoms with Gasteiger partial charge in [0.05, 0.1) is 7.11 Å². The fourth-order valence-corrected chi connectivity index (χ4v) is 4.12. The lowest BCUT2D eigenvalue weighted by molar-refractivity contribution is 0.0980. The van der Waals surface area contributed by atoms with Gasteiger partial charge in [-0.05, 0) is 68.0 Å². The van der Waals surface area contributed by atoms with Crippen LogP contribution in [0.1, 0.15) is 41.6 Å². The van der Waals surface area contributed by atoms with E-state index in [9.17, 15) is 9.59 Å². The van der Waals surface area contributed by atoms with Crippen molar-refractivity contribution >= 4 is 17.6 Å². The average Bonchev–Trinajstić information content (AvgIpc) is 3.18. The number of carbonyl (C=O) groups is 2. The van der Waals surface area contributed by atoms with Crippen LogP contribution in [0, 0.1) is 0 Å². The summed E-state index contributed by atoms with van der Waals surface area (Å²) in [5.41, 5.74) is 7.75. The minimum absolute atomic E-state index is 0.0499. The number of urea groups is 1. The number of benzene rings is 1. The number of methoxy groups -OCH3 is 1. The van der Waals surface area contributed by atoms with E-state index in [4.69, 9.17) is 15.2 Å². The quantitative estimate of drug-likeness (QED) is 0.788. The monoisotopic (exact) mass is 410 g/mol. The Kier molecular flexibility index (Phi) is 5.74. The summed E-state index contributed by atoms with van der Waals surface area (Å²) in [6, 6.07) is 9.11. The van der Waals surface area contributed by atoms with Crippen molar-refractivity contribution in [3.8, 4) is 11.6 Å². The predicted molar refractivity (Wildman–Crippen MR) is 112 cm³/mol. The van der Waals surface area contributed by atoms with Gasteiger partial charge in [0.15, 0.2) is 0 Å². The summed E-state index contributed by atoms with van der Waals surface area (Å²) in [6.45, 7) is 0.669. The molecule has 158 valence electrons. The Labute approximate surface area is 175 Å². The summed E-state index contributed by atoms with van der Waals surface area (Å²) in [5, 5.41) is 3.15. The number of nitrogens with one attached hydrogen (secondary N) is 1. The normalized spacial score (nSPS) is 20.4. The van der Waals surface area contributed by atoms with Crippen LogP contribution < -0.4 is 25.4 Å². The lowest BCUT2D eigenvalue weighted by Gasteiger charge is -2.30. The Morgan fingerprint density at radius 2 is 2.00 bits per heavy atom. The van der Waals surface area contributed by atoms with Crippen LogP contribution in [0.3, 0.4) is 0 Å². The van der Waals surface area contributed by atoms with Gasteiger partial charge in [-0.15, -0.1) is 0 Å². The molecule has 1 aromatic carbocycles. The highest BCUT2D eigenvalue weighted by atomic mass is 16.5. The predicted octanol–water partition coefficient (Wildman–Crippen LogP) is 2.65. The van der Waals surface area contributed by atoms with Crippen LogP contribution in [-0.4, -0.2) is 42.7 Å². The van der Waals surface area contributed by atoms with E-state index >= 15 is 0 Å². The standard InChI is InChI=1S/C22H26N4O4/c1-29-17-8-9-19-14(13-17)10-12-26(19)22(28)25-15-4-6-16(7-5-15)30-21-18(20(23)27)3-2-11-24-21/h2-3,8-9,11,13,15-16H,4-7,10,12H2,1H3,(H2,23,27)(H,25,28). The molecular weight excluding hydrogens is 384 g/mol. The molecule has 1 saturated carbocycles. The Balaban J connectivity index is 1.31. The molecular formula is C22H26N4O4. The maximum Gasteiger partial charge on any atom is 0.322 e. The van der Waals surface area contributed by atoms with E-state index in [2.05, 4.69) is 10.3 Å². The Bertz CT molecular complexity index is 940. The van der Waals surface area contributed by atoms with Crippen LogP contribution in [0.4, 0.5) is 10.5 Å². The Morgan fingerprint density at radius 1 is 1.20 bits per heavy atom. The zero-order chi connectivity index (χ0) is 21.1. The molecule has 30 heavy (non-hydrogen) atoms. The number of primary amides is 1. The van der Waals surface area contributed by atoms with Crippen LogP contribution in [0.5, 0.6) is 11.6 Å². The minimum Gasteiger partial charge on any atom is -0.497 e. The van der Waals surface area contributed by atoms with Gasteiger partial charge in [-0.1, -0.05) is 0 Å². The molecule has 1 aliphatic carbocycles. The summed E-state index contributed by atoms with van der Waals surface area (Å²) in [6.07, 6.45) is 5.51. The van der Waals surface area contributed by atoms with Gasteiger partial charge < -0.3 is 20.5 Å². The van der Waals surface area contributed by atoms with Crippen molar-refractivity contribution in [2.75, 3.05) is 18.6 Å². The second-order valence-corrected chi connectivity index (χ2v) is 7.66. The van der Waals surface area contributed by atoms with Gasteiger partial charge in [0.1, 0.15) is 17.4 Å². The number of amides is 3. The van der Waals surface area contributed by atoms with Crippen molar-refractivity contribution in [2.24, 2.45) is 5.73 Å². The number of carbonyl (C=O) groups excluding carboxylic acids is 2. The maximum atomic E-state index is 12.8. The molecule has 8 heteroatoms. The fraction of sp³-hybridized carbons (Fsp3) is 0.409. The number of nitrogens with two attached hydrogens (primary N) is 1. The van der Waals surface area contributed by atoms with Gasteiger partial charge >= 0.3 is 6.03 Å². The molecule has 2 aromatic rings. The number of hydrogen-bond acceptors (Lipinski definition) is 5. The number of hydrogen-bond donors (Lipinski definition) is 2. The topological polar surface area (TPSA) is 107 Å². The molecule has 0 atom stereocenters. The van der Waals surface area contributed by atoms with Gasteiger partial charge in [-0.3, -0.25) is 9.69 Å². The van der Waals surface area contributed by atoms with Gasteiger partial charge in [0.25, 0.3) is 5.91 Å². The molecule has 0 bridgehead atoms. The van der Waals surface area contributed by atoms with E-state index in [1.54, 1.807) is 30.3 Å². The van der Waals surface area contributed by atoms with Crippen molar-refractivity contribution in [3.63, 3.8) is 0 Å². The maximum absolute atomic E-state index is 12.8. The van der Waals surface area contributed by atoms with Crippen LogP contribution in [0.25, 0.3) is 0 Å². The first kappa shape index (κ1) is 20.0. The summed E-state index contributed by atoms with van der Waals surface area (Å²) in [4.78, 5) is 30.3. The largest absolute Gasteiger partial charge is 0.497 e. The van der Waals surface area contributed by atoms with Crippen LogP contribution in [0.15, 0.2) is 36.5 Å². The van der Waals surface area contributed by atoms with Crippen molar-refractivity contribution < 1.29 is 19.1 Å². The molecule has 2 aliphatic rings. The van der Waals surface area contributed by atoms with E-state index in [-0.39, 0.29) is 29.6 Å². The average molecular weight is 410 g/mol. The minimum atomic E-state index is -0.553. The van der Waals surface area contributed by atoms with E-state index in [0.29, 0.717) is 6.54 Å². The lowest BCUT2D eigenvalue weighted by Crippen LogP contribution is -2.46. The van der Waals surface area contributed by atoms with Gasteiger partial charge in [0, 0.05) is 24.5 Å². The molecule has 1 aromatic heterocycles. The lowest BCUT2D eigenvalue weighted by atomic mass is 9.93. The zero-order valence-corrected chi connectivity index (χ0v) is 17.0. The number of pyridine rings is 1. The van der Waals surface area contributed by atoms with Gasteiger partial charge in [0.2, 0.25) is 5.88 Å². The third kappa shape index (κ3) is 4.17. The highest BCUT2D eigenvalue weighted by molar-refractivity contribution is 5.95. The van der Waals surface area contributed by atoms with Crippen LogP contribution in [0.2, 0.25) is 0 Å². The molecule has 0 spiro atoms. The summed E-state index contributed by atoms with van der Waals surface area (Å²) >= 11 is 0. The van der Waals surface area contributed by atoms with E-state index in [0.717, 1.165) is 49.1 Å². The first-order chi connectivity index (χ1) is 14.5. The molecule has 1 fully saturated rings. The zero-order valence-electron chi connectivity index (χ0n) is 17.0. The number of aromatic nitrogens is 1. The molecule has 3 N–H and O–H groups in total. The SMILES string of the molecule is COc1ccc2c(c1)CCN2C(=O)NC1CCC(Oc2ncccc2C(N)=O)CC1. The number of rotatable bonds is 5. The molecule has 1 aliphatic heterocycles. The van der Waals surface area contributed by atoms with Crippen LogP contribution >= 0.6 is 0 Å². The highest BCUT2D eigenvalue weighted by Gasteiger charge is 2.29. The Morgan fingerprint density at radius 3 is 2.73 bits per heavy atom. The van der Waals surface area contributed by atoms with E-state index in [1.165, 1.54) is 0 Å². The van der Waals surface area contributed by atoms with Crippen LogP contribution in [-0.2, 0) is 6.42 Å². The summed E-state index contributed by atoms with van der Waals surface area (Å²) < 4.78 is 11.2. The number of fused-ring (bicyclic) bond motifs is 1. The number of ether oxygens (including phenoxy) is 2. The highest BCUT2D eigenvalue weighted by Crippen LogP contribution is 2.32. The molecule has 2 heterocycles. The second-order valence-electron chi connectivity index (χ2n) is 7.66. The second kappa shape index (κ2) is 8.61. The summed E-state index contributed by atoms with van der Waals surface area (Å²) in [5.74, 6) is 0.533. The van der Waals surface area contributed by atoms with Crippen molar-refractivity contribution in [1.82, 2.24) is 10.3 Å². The first-order valence-electron chi connectivity index (χ1n) is 10.2. The van der Waals surface area contributed by atoms with Gasteiger partial charge in [-0.2, -0.15) is 0 Å². The molecule has 0 saturated heterocycles. The van der Waals surface area contributed by atoms with Gasteiger partial charge in [-0.25, -0.2) is 9.78 Å². The van der Waals surface area contributed by atoms with Crippen molar-refractivity contribution in [3.05, 3.63) is 47.7 Å². The van der Waals surface area contributed by atoms with E-state index in [1.807, 2.05) is 18.2 Å². The number of anilines is 1. The third-order valence-corrected chi connectivity index (χ3v) is 5.74. The number of nitrogens with zero attached hydrogens (tertiary/aromatic N) is 2. The summed E-state index contributed by atoms with van der Waals surface area (Å²) in [7, 11) is 1.64. The molecule has 0 radical (unpaired) electrons. The smallest absolute Gasteiger partial charge is 0.322 e. The fourth-order valence-electron chi connectivity index (χ4n) is 4.12. The molecule has 3 amide bonds. The van der Waals surface area contributed by atoms with Crippen molar-refractivity contribution in [2.45, 2.75) is 44.2 Å². The molecule has 0 unspecified atom stereocenters. The van der Waals surface area contributed by atoms with Crippen molar-refractivity contribution in [1.29, 1.82) is 0 Å².